The zero-order valence-corrected chi connectivity index (χ0v) is 14.8. The summed E-state index contributed by atoms with van der Waals surface area (Å²) in [5.74, 6) is 0.462. The molecule has 1 saturated carbocycles. The first-order chi connectivity index (χ1) is 11.5. The second kappa shape index (κ2) is 7.30. The van der Waals surface area contributed by atoms with Crippen molar-refractivity contribution in [1.82, 2.24) is 9.80 Å². The van der Waals surface area contributed by atoms with Gasteiger partial charge in [0.05, 0.1) is 12.6 Å². The van der Waals surface area contributed by atoms with Crippen LogP contribution in [0.15, 0.2) is 0 Å². The molecule has 2 aliphatic heterocycles. The molecule has 1 atom stereocenters. The third-order valence-corrected chi connectivity index (χ3v) is 5.72. The first kappa shape index (κ1) is 17.5. The molecular formula is C18H31N3O3. The minimum Gasteiger partial charge on any atom is -0.441 e. The summed E-state index contributed by atoms with van der Waals surface area (Å²) in [6.07, 6.45) is 8.05. The van der Waals surface area contributed by atoms with Crippen molar-refractivity contribution in [2.24, 2.45) is 11.7 Å². The number of unbranched alkanes of at least 4 members (excludes halogenated alkanes) is 3. The van der Waals surface area contributed by atoms with Crippen LogP contribution in [0.2, 0.25) is 0 Å². The molecule has 3 fully saturated rings. The van der Waals surface area contributed by atoms with E-state index in [2.05, 4.69) is 6.92 Å². The minimum absolute atomic E-state index is 0.0769. The molecular weight excluding hydrogens is 306 g/mol. The Morgan fingerprint density at radius 3 is 2.62 bits per heavy atom. The van der Waals surface area contributed by atoms with Gasteiger partial charge in [-0.15, -0.1) is 0 Å². The number of likely N-dealkylation sites (tertiary alicyclic amines) is 1. The summed E-state index contributed by atoms with van der Waals surface area (Å²) >= 11 is 0. The van der Waals surface area contributed by atoms with Gasteiger partial charge < -0.3 is 20.3 Å². The Kier molecular flexibility index (Phi) is 5.33. The molecule has 1 spiro atoms. The van der Waals surface area contributed by atoms with Crippen molar-refractivity contribution in [3.05, 3.63) is 0 Å². The zero-order valence-electron chi connectivity index (χ0n) is 14.8. The highest BCUT2D eigenvalue weighted by Crippen LogP contribution is 2.36. The van der Waals surface area contributed by atoms with Crippen LogP contribution < -0.4 is 5.73 Å². The Morgan fingerprint density at radius 1 is 1.29 bits per heavy atom. The number of hydrogen-bond acceptors (Lipinski definition) is 4. The van der Waals surface area contributed by atoms with E-state index in [1.807, 2.05) is 9.80 Å². The van der Waals surface area contributed by atoms with Gasteiger partial charge in [0.25, 0.3) is 0 Å². The van der Waals surface area contributed by atoms with Crippen LogP contribution in [-0.2, 0) is 9.53 Å². The zero-order chi connectivity index (χ0) is 17.2. The largest absolute Gasteiger partial charge is 0.441 e. The molecule has 6 heteroatoms. The SMILES string of the molecule is CCCCCCN1CC2(CCN(C(=O)[C@@H](N)C3CC3)CC2)OC1=O. The summed E-state index contributed by atoms with van der Waals surface area (Å²) in [5.41, 5.74) is 5.65. The van der Waals surface area contributed by atoms with E-state index < -0.39 is 0 Å². The molecule has 2 saturated heterocycles. The van der Waals surface area contributed by atoms with Crippen LogP contribution in [0.3, 0.4) is 0 Å². The number of piperidine rings is 1. The van der Waals surface area contributed by atoms with E-state index in [-0.39, 0.29) is 23.6 Å². The smallest absolute Gasteiger partial charge is 0.410 e. The van der Waals surface area contributed by atoms with Crippen molar-refractivity contribution in [3.63, 3.8) is 0 Å². The van der Waals surface area contributed by atoms with E-state index in [9.17, 15) is 9.59 Å². The number of amides is 2. The molecule has 3 aliphatic rings. The van der Waals surface area contributed by atoms with E-state index in [0.717, 1.165) is 45.1 Å². The summed E-state index contributed by atoms with van der Waals surface area (Å²) in [5, 5.41) is 0. The summed E-state index contributed by atoms with van der Waals surface area (Å²) in [6.45, 7) is 4.94. The van der Waals surface area contributed by atoms with Crippen molar-refractivity contribution in [2.75, 3.05) is 26.2 Å². The molecule has 0 unspecified atom stereocenters. The molecule has 1 aliphatic carbocycles. The van der Waals surface area contributed by atoms with Crippen LogP contribution >= 0.6 is 0 Å². The Bertz CT molecular complexity index is 470. The Hall–Kier alpha value is -1.30. The van der Waals surface area contributed by atoms with E-state index in [0.29, 0.717) is 25.6 Å². The fraction of sp³-hybridized carbons (Fsp3) is 0.889. The quantitative estimate of drug-likeness (QED) is 0.722. The van der Waals surface area contributed by atoms with Crippen LogP contribution in [0.25, 0.3) is 0 Å². The van der Waals surface area contributed by atoms with E-state index in [4.69, 9.17) is 10.5 Å². The highest BCUT2D eigenvalue weighted by molar-refractivity contribution is 5.82. The fourth-order valence-electron chi connectivity index (χ4n) is 3.86. The first-order valence-corrected chi connectivity index (χ1v) is 9.57. The molecule has 24 heavy (non-hydrogen) atoms. The number of carbonyl (C=O) groups is 2. The van der Waals surface area contributed by atoms with Crippen LogP contribution in [0.5, 0.6) is 0 Å². The Balaban J connectivity index is 1.46. The lowest BCUT2D eigenvalue weighted by molar-refractivity contribution is -0.136. The van der Waals surface area contributed by atoms with Crippen molar-refractivity contribution >= 4 is 12.0 Å². The van der Waals surface area contributed by atoms with Crippen LogP contribution in [0, 0.1) is 5.92 Å². The van der Waals surface area contributed by atoms with Crippen LogP contribution in [0.4, 0.5) is 4.79 Å². The predicted octanol–water partition coefficient (Wildman–Crippen LogP) is 2.12. The average molecular weight is 337 g/mol. The lowest BCUT2D eigenvalue weighted by Gasteiger charge is -2.38. The van der Waals surface area contributed by atoms with Crippen molar-refractivity contribution < 1.29 is 14.3 Å². The van der Waals surface area contributed by atoms with Gasteiger partial charge in [-0.3, -0.25) is 4.79 Å². The predicted molar refractivity (Wildman–Crippen MR) is 91.4 cm³/mol. The summed E-state index contributed by atoms with van der Waals surface area (Å²) in [6, 6.07) is -0.333. The van der Waals surface area contributed by atoms with E-state index in [1.165, 1.54) is 12.8 Å². The number of nitrogens with two attached hydrogens (primary N) is 1. The van der Waals surface area contributed by atoms with E-state index >= 15 is 0 Å². The van der Waals surface area contributed by atoms with Crippen molar-refractivity contribution in [1.29, 1.82) is 0 Å². The summed E-state index contributed by atoms with van der Waals surface area (Å²) in [7, 11) is 0. The van der Waals surface area contributed by atoms with Crippen LogP contribution in [-0.4, -0.2) is 59.6 Å². The van der Waals surface area contributed by atoms with Gasteiger partial charge in [0.1, 0.15) is 5.60 Å². The number of rotatable bonds is 7. The lowest BCUT2D eigenvalue weighted by Crippen LogP contribution is -2.53. The first-order valence-electron chi connectivity index (χ1n) is 9.57. The van der Waals surface area contributed by atoms with Gasteiger partial charge in [0.15, 0.2) is 0 Å². The molecule has 0 aromatic heterocycles. The molecule has 0 bridgehead atoms. The molecule has 136 valence electrons. The maximum atomic E-state index is 12.4. The maximum Gasteiger partial charge on any atom is 0.410 e. The Labute approximate surface area is 144 Å². The van der Waals surface area contributed by atoms with Gasteiger partial charge in [0.2, 0.25) is 5.91 Å². The second-order valence-corrected chi connectivity index (χ2v) is 7.72. The van der Waals surface area contributed by atoms with Crippen LogP contribution in [0.1, 0.15) is 58.3 Å². The number of carbonyl (C=O) groups excluding carboxylic acids is 2. The number of ether oxygens (including phenoxy) is 1. The van der Waals surface area contributed by atoms with Gasteiger partial charge in [-0.2, -0.15) is 0 Å². The summed E-state index contributed by atoms with van der Waals surface area (Å²) in [4.78, 5) is 28.3. The van der Waals surface area contributed by atoms with Crippen molar-refractivity contribution in [3.8, 4) is 0 Å². The highest BCUT2D eigenvalue weighted by Gasteiger charge is 2.48. The van der Waals surface area contributed by atoms with Gasteiger partial charge >= 0.3 is 6.09 Å². The van der Waals surface area contributed by atoms with E-state index in [1.54, 1.807) is 0 Å². The van der Waals surface area contributed by atoms with Crippen molar-refractivity contribution in [2.45, 2.75) is 69.9 Å². The third-order valence-electron chi connectivity index (χ3n) is 5.72. The monoisotopic (exact) mass is 337 g/mol. The Morgan fingerprint density at radius 2 is 2.00 bits per heavy atom. The average Bonchev–Trinajstić information content (AvgIpc) is 3.38. The fourth-order valence-corrected chi connectivity index (χ4v) is 3.86. The molecule has 0 aromatic rings. The van der Waals surface area contributed by atoms with Gasteiger partial charge in [-0.1, -0.05) is 26.2 Å². The number of nitrogens with zero attached hydrogens (tertiary/aromatic N) is 2. The lowest BCUT2D eigenvalue weighted by atomic mass is 9.90. The molecule has 2 heterocycles. The molecule has 2 N–H and O–H groups in total. The molecule has 0 aromatic carbocycles. The van der Waals surface area contributed by atoms with Gasteiger partial charge in [-0.25, -0.2) is 4.79 Å². The molecule has 2 amide bonds. The number of hydrogen-bond donors (Lipinski definition) is 1. The van der Waals surface area contributed by atoms with Gasteiger partial charge in [0, 0.05) is 32.5 Å². The molecule has 3 rings (SSSR count). The summed E-state index contributed by atoms with van der Waals surface area (Å²) < 4.78 is 5.73. The second-order valence-electron chi connectivity index (χ2n) is 7.72. The third kappa shape index (κ3) is 3.85. The molecule has 6 nitrogen and oxygen atoms in total. The molecule has 0 radical (unpaired) electrons. The van der Waals surface area contributed by atoms with Gasteiger partial charge in [-0.05, 0) is 25.2 Å². The minimum atomic E-state index is -0.387. The topological polar surface area (TPSA) is 75.9 Å². The highest BCUT2D eigenvalue weighted by atomic mass is 16.6. The maximum absolute atomic E-state index is 12.4. The normalized spacial score (nSPS) is 24.3. The standard InChI is InChI=1S/C18H31N3O3/c1-2-3-4-5-10-21-13-18(24-17(21)23)8-11-20(12-9-18)16(22)15(19)14-6-7-14/h14-15H,2-13,19H2,1H3/t15-/m0/s1.